The van der Waals surface area contributed by atoms with E-state index in [0.717, 1.165) is 30.0 Å². The minimum absolute atomic E-state index is 0.795. The first kappa shape index (κ1) is 14.5. The molecule has 0 amide bonds. The fraction of sp³-hybridized carbons (Fsp3) is 0.222. The zero-order valence-corrected chi connectivity index (χ0v) is 13.0. The molecule has 3 aromatic rings. The van der Waals surface area contributed by atoms with Gasteiger partial charge in [0.05, 0.1) is 5.69 Å². The number of nitrogens with one attached hydrogen (secondary N) is 1. The number of aryl methyl sites for hydroxylation is 1. The van der Waals surface area contributed by atoms with Crippen molar-refractivity contribution < 1.29 is 0 Å². The predicted molar refractivity (Wildman–Crippen MR) is 89.3 cm³/mol. The van der Waals surface area contributed by atoms with Crippen LogP contribution in [0, 0.1) is 0 Å². The first-order valence-electron chi connectivity index (χ1n) is 7.57. The molecule has 0 aliphatic rings. The fourth-order valence-corrected chi connectivity index (χ4v) is 2.69. The second-order valence-corrected chi connectivity index (χ2v) is 5.16. The van der Waals surface area contributed by atoms with Gasteiger partial charge < -0.3 is 5.32 Å². The number of nitrogens with zero attached hydrogens (tertiary/aromatic N) is 3. The summed E-state index contributed by atoms with van der Waals surface area (Å²) in [6.07, 6.45) is 0. The molecular formula is C18H20N4. The van der Waals surface area contributed by atoms with Gasteiger partial charge in [0, 0.05) is 24.2 Å². The van der Waals surface area contributed by atoms with Crippen molar-refractivity contribution in [1.82, 2.24) is 20.3 Å². The summed E-state index contributed by atoms with van der Waals surface area (Å²) in [6, 6.07) is 18.7. The highest BCUT2D eigenvalue weighted by atomic mass is 15.4. The van der Waals surface area contributed by atoms with Gasteiger partial charge >= 0.3 is 0 Å². The second kappa shape index (κ2) is 6.54. The molecule has 4 heteroatoms. The third-order valence-electron chi connectivity index (χ3n) is 3.72. The quantitative estimate of drug-likeness (QED) is 0.784. The molecule has 0 saturated carbocycles. The van der Waals surface area contributed by atoms with Crippen molar-refractivity contribution in [2.45, 2.75) is 20.0 Å². The summed E-state index contributed by atoms with van der Waals surface area (Å²) >= 11 is 0. The van der Waals surface area contributed by atoms with E-state index in [-0.39, 0.29) is 0 Å². The molecule has 0 radical (unpaired) electrons. The van der Waals surface area contributed by atoms with E-state index in [1.165, 1.54) is 11.1 Å². The minimum atomic E-state index is 0.795. The standard InChI is InChI=1S/C18H20N4/c1-3-22-18(16-12-8-7-11-15(16)13-19-2)17(20-21-22)14-9-5-4-6-10-14/h4-12,19H,3,13H2,1-2H3. The van der Waals surface area contributed by atoms with Crippen LogP contribution in [-0.4, -0.2) is 22.0 Å². The molecule has 4 nitrogen and oxygen atoms in total. The molecule has 1 N–H and O–H groups in total. The largest absolute Gasteiger partial charge is 0.316 e. The number of hydrogen-bond acceptors (Lipinski definition) is 3. The summed E-state index contributed by atoms with van der Waals surface area (Å²) in [5.41, 5.74) is 5.55. The lowest BCUT2D eigenvalue weighted by atomic mass is 10.00. The molecule has 0 aliphatic carbocycles. The van der Waals surface area contributed by atoms with E-state index >= 15 is 0 Å². The summed E-state index contributed by atoms with van der Waals surface area (Å²) in [5, 5.41) is 12.0. The van der Waals surface area contributed by atoms with Crippen LogP contribution in [-0.2, 0) is 13.1 Å². The lowest BCUT2D eigenvalue weighted by molar-refractivity contribution is 0.632. The Kier molecular flexibility index (Phi) is 4.30. The van der Waals surface area contributed by atoms with Crippen molar-refractivity contribution in [2.24, 2.45) is 0 Å². The van der Waals surface area contributed by atoms with Crippen LogP contribution in [0.1, 0.15) is 12.5 Å². The van der Waals surface area contributed by atoms with E-state index in [2.05, 4.69) is 59.0 Å². The van der Waals surface area contributed by atoms with Crippen LogP contribution in [0.4, 0.5) is 0 Å². The van der Waals surface area contributed by atoms with Gasteiger partial charge in [0.25, 0.3) is 0 Å². The van der Waals surface area contributed by atoms with Gasteiger partial charge in [-0.05, 0) is 19.5 Å². The van der Waals surface area contributed by atoms with E-state index < -0.39 is 0 Å². The highest BCUT2D eigenvalue weighted by molar-refractivity contribution is 5.79. The van der Waals surface area contributed by atoms with Gasteiger partial charge in [0.1, 0.15) is 5.69 Å². The van der Waals surface area contributed by atoms with Crippen LogP contribution >= 0.6 is 0 Å². The molecule has 1 heterocycles. The van der Waals surface area contributed by atoms with Gasteiger partial charge in [-0.25, -0.2) is 4.68 Å². The van der Waals surface area contributed by atoms with Gasteiger partial charge in [0.15, 0.2) is 0 Å². The molecule has 1 aromatic heterocycles. The normalized spacial score (nSPS) is 10.8. The number of benzene rings is 2. The molecule has 0 saturated heterocycles. The lowest BCUT2D eigenvalue weighted by Crippen LogP contribution is -2.08. The van der Waals surface area contributed by atoms with E-state index in [1.54, 1.807) is 0 Å². The average molecular weight is 292 g/mol. The molecular weight excluding hydrogens is 272 g/mol. The third kappa shape index (κ3) is 2.65. The lowest BCUT2D eigenvalue weighted by Gasteiger charge is -2.12. The van der Waals surface area contributed by atoms with Crippen LogP contribution in [0.2, 0.25) is 0 Å². The van der Waals surface area contributed by atoms with Gasteiger partial charge in [-0.3, -0.25) is 0 Å². The molecule has 0 bridgehead atoms. The Morgan fingerprint density at radius 1 is 1.00 bits per heavy atom. The molecule has 0 atom stereocenters. The number of hydrogen-bond donors (Lipinski definition) is 1. The Bertz CT molecular complexity index is 747. The molecule has 0 fully saturated rings. The molecule has 112 valence electrons. The summed E-state index contributed by atoms with van der Waals surface area (Å²) in [6.45, 7) is 3.70. The number of rotatable bonds is 5. The van der Waals surface area contributed by atoms with Crippen molar-refractivity contribution in [3.63, 3.8) is 0 Å². The Morgan fingerprint density at radius 2 is 1.73 bits per heavy atom. The van der Waals surface area contributed by atoms with Crippen molar-refractivity contribution in [1.29, 1.82) is 0 Å². The topological polar surface area (TPSA) is 42.7 Å². The molecule has 0 aliphatic heterocycles. The van der Waals surface area contributed by atoms with Crippen LogP contribution in [0.25, 0.3) is 22.5 Å². The Hall–Kier alpha value is -2.46. The Labute approximate surface area is 130 Å². The average Bonchev–Trinajstić information content (AvgIpc) is 3.00. The summed E-state index contributed by atoms with van der Waals surface area (Å²) in [7, 11) is 1.96. The molecule has 2 aromatic carbocycles. The number of aromatic nitrogens is 3. The highest BCUT2D eigenvalue weighted by Crippen LogP contribution is 2.32. The van der Waals surface area contributed by atoms with Crippen molar-refractivity contribution in [3.05, 3.63) is 60.2 Å². The maximum Gasteiger partial charge on any atom is 0.121 e. The zero-order chi connectivity index (χ0) is 15.4. The summed E-state index contributed by atoms with van der Waals surface area (Å²) in [4.78, 5) is 0. The first-order chi connectivity index (χ1) is 10.8. The van der Waals surface area contributed by atoms with E-state index in [4.69, 9.17) is 0 Å². The summed E-state index contributed by atoms with van der Waals surface area (Å²) in [5.74, 6) is 0. The van der Waals surface area contributed by atoms with E-state index in [9.17, 15) is 0 Å². The monoisotopic (exact) mass is 292 g/mol. The van der Waals surface area contributed by atoms with E-state index in [0.29, 0.717) is 0 Å². The molecule has 0 spiro atoms. The summed E-state index contributed by atoms with van der Waals surface area (Å²) < 4.78 is 1.97. The fourth-order valence-electron chi connectivity index (χ4n) is 2.69. The maximum absolute atomic E-state index is 4.43. The zero-order valence-electron chi connectivity index (χ0n) is 13.0. The van der Waals surface area contributed by atoms with Crippen molar-refractivity contribution in [2.75, 3.05) is 7.05 Å². The van der Waals surface area contributed by atoms with Crippen molar-refractivity contribution >= 4 is 0 Å². The van der Waals surface area contributed by atoms with Crippen molar-refractivity contribution in [3.8, 4) is 22.5 Å². The van der Waals surface area contributed by atoms with E-state index in [1.807, 2.05) is 29.9 Å². The van der Waals surface area contributed by atoms with Crippen LogP contribution < -0.4 is 5.32 Å². The van der Waals surface area contributed by atoms with Gasteiger partial charge in [-0.1, -0.05) is 59.8 Å². The van der Waals surface area contributed by atoms with Gasteiger partial charge in [-0.2, -0.15) is 0 Å². The molecule has 0 unspecified atom stereocenters. The third-order valence-corrected chi connectivity index (χ3v) is 3.72. The van der Waals surface area contributed by atoms with Crippen LogP contribution in [0.3, 0.4) is 0 Å². The smallest absolute Gasteiger partial charge is 0.121 e. The predicted octanol–water partition coefficient (Wildman–Crippen LogP) is 3.35. The minimum Gasteiger partial charge on any atom is -0.316 e. The SMILES string of the molecule is CCn1nnc(-c2ccccc2)c1-c1ccccc1CNC. The van der Waals surface area contributed by atoms with Gasteiger partial charge in [0.2, 0.25) is 0 Å². The van der Waals surface area contributed by atoms with Gasteiger partial charge in [-0.15, -0.1) is 5.10 Å². The van der Waals surface area contributed by atoms with Crippen LogP contribution in [0.15, 0.2) is 54.6 Å². The molecule has 22 heavy (non-hydrogen) atoms. The van der Waals surface area contributed by atoms with Crippen LogP contribution in [0.5, 0.6) is 0 Å². The second-order valence-electron chi connectivity index (χ2n) is 5.16. The Balaban J connectivity index is 2.20. The maximum atomic E-state index is 4.43. The Morgan fingerprint density at radius 3 is 2.45 bits per heavy atom. The molecule has 3 rings (SSSR count). The first-order valence-corrected chi connectivity index (χ1v) is 7.57. The highest BCUT2D eigenvalue weighted by Gasteiger charge is 2.17.